The Morgan fingerprint density at radius 2 is 1.35 bits per heavy atom. The predicted molar refractivity (Wildman–Crippen MR) is 79.3 cm³/mol. The van der Waals surface area contributed by atoms with Crippen molar-refractivity contribution in [3.63, 3.8) is 0 Å². The molecule has 0 aliphatic carbocycles. The fraction of sp³-hybridized carbons (Fsp3) is 1.00. The van der Waals surface area contributed by atoms with Gasteiger partial charge in [-0.25, -0.2) is 0 Å². The van der Waals surface area contributed by atoms with Crippen molar-refractivity contribution in [2.45, 2.75) is 60.8 Å². The van der Waals surface area contributed by atoms with E-state index in [1.807, 2.05) is 0 Å². The van der Waals surface area contributed by atoms with Gasteiger partial charge in [0.1, 0.15) is 0 Å². The highest BCUT2D eigenvalue weighted by Crippen LogP contribution is 2.30. The Bertz CT molecular complexity index is 174. The molecule has 104 valence electrons. The summed E-state index contributed by atoms with van der Waals surface area (Å²) in [6, 6.07) is 0. The van der Waals surface area contributed by atoms with Crippen molar-refractivity contribution in [2.75, 3.05) is 13.6 Å². The van der Waals surface area contributed by atoms with Crippen molar-refractivity contribution in [3.8, 4) is 0 Å². The summed E-state index contributed by atoms with van der Waals surface area (Å²) in [5, 5.41) is 3.30. The Morgan fingerprint density at radius 1 is 0.765 bits per heavy atom. The number of nitrogens with one attached hydrogen (secondary N) is 1. The maximum Gasteiger partial charge on any atom is -0.00492 e. The normalized spacial score (nSPS) is 17.5. The summed E-state index contributed by atoms with van der Waals surface area (Å²) in [6.07, 6.45) is 4.13. The van der Waals surface area contributed by atoms with E-state index in [0.29, 0.717) is 0 Å². The largest absolute Gasteiger partial charge is 0.320 e. The lowest BCUT2D eigenvalue weighted by Crippen LogP contribution is -2.23. The fourth-order valence-electron chi connectivity index (χ4n) is 2.35. The molecule has 0 radical (unpaired) electrons. The highest BCUT2D eigenvalue weighted by atomic mass is 14.8. The molecule has 0 aromatic heterocycles. The van der Waals surface area contributed by atoms with Crippen LogP contribution in [0.1, 0.15) is 60.8 Å². The molecule has 0 saturated heterocycles. The smallest absolute Gasteiger partial charge is 0.00492 e. The molecule has 0 saturated carbocycles. The van der Waals surface area contributed by atoms with Crippen molar-refractivity contribution >= 4 is 0 Å². The molecule has 1 N–H and O–H groups in total. The molecular formula is C16H35N. The SMILES string of the molecule is CNCCC(CCC(C)C(C)C)C(C)C(C)C. The van der Waals surface area contributed by atoms with Gasteiger partial charge in [0, 0.05) is 0 Å². The van der Waals surface area contributed by atoms with Gasteiger partial charge >= 0.3 is 0 Å². The maximum absolute atomic E-state index is 3.30. The predicted octanol–water partition coefficient (Wildman–Crippen LogP) is 4.58. The third kappa shape index (κ3) is 7.08. The molecule has 0 fully saturated rings. The van der Waals surface area contributed by atoms with E-state index in [0.717, 1.165) is 36.1 Å². The Morgan fingerprint density at radius 3 is 1.76 bits per heavy atom. The molecule has 0 spiro atoms. The molecule has 0 aromatic rings. The Labute approximate surface area is 110 Å². The van der Waals surface area contributed by atoms with Crippen molar-refractivity contribution in [3.05, 3.63) is 0 Å². The first kappa shape index (κ1) is 17.0. The molecule has 1 heteroatoms. The number of hydrogen-bond donors (Lipinski definition) is 1. The van der Waals surface area contributed by atoms with Crippen LogP contribution < -0.4 is 5.32 Å². The Balaban J connectivity index is 4.18. The van der Waals surface area contributed by atoms with Crippen LogP contribution in [0.4, 0.5) is 0 Å². The average Bonchev–Trinajstić information content (AvgIpc) is 2.27. The molecule has 17 heavy (non-hydrogen) atoms. The summed E-state index contributed by atoms with van der Waals surface area (Å²) in [5.74, 6) is 4.25. The molecule has 0 bridgehead atoms. The number of hydrogen-bond acceptors (Lipinski definition) is 1. The van der Waals surface area contributed by atoms with Gasteiger partial charge in [-0.1, -0.05) is 48.0 Å². The molecule has 0 amide bonds. The van der Waals surface area contributed by atoms with Gasteiger partial charge in [-0.05, 0) is 56.0 Å². The maximum atomic E-state index is 3.30. The Hall–Kier alpha value is -0.0400. The zero-order valence-corrected chi connectivity index (χ0v) is 13.2. The quantitative estimate of drug-likeness (QED) is 0.623. The van der Waals surface area contributed by atoms with E-state index in [9.17, 15) is 0 Å². The van der Waals surface area contributed by atoms with E-state index < -0.39 is 0 Å². The van der Waals surface area contributed by atoms with Crippen LogP contribution in [0.25, 0.3) is 0 Å². The zero-order chi connectivity index (χ0) is 13.4. The first-order chi connectivity index (χ1) is 7.90. The van der Waals surface area contributed by atoms with Crippen LogP contribution in [-0.4, -0.2) is 13.6 Å². The standard InChI is InChI=1S/C16H35N/c1-12(2)14(5)8-9-16(10-11-17-7)15(6)13(3)4/h12-17H,8-11H2,1-7H3. The summed E-state index contributed by atoms with van der Waals surface area (Å²) >= 11 is 0. The van der Waals surface area contributed by atoms with Gasteiger partial charge in [0.15, 0.2) is 0 Å². The lowest BCUT2D eigenvalue weighted by molar-refractivity contribution is 0.224. The van der Waals surface area contributed by atoms with Gasteiger partial charge < -0.3 is 5.32 Å². The van der Waals surface area contributed by atoms with E-state index in [1.165, 1.54) is 19.3 Å². The summed E-state index contributed by atoms with van der Waals surface area (Å²) in [5.41, 5.74) is 0. The minimum absolute atomic E-state index is 0.811. The lowest BCUT2D eigenvalue weighted by Gasteiger charge is -2.28. The molecule has 1 nitrogen and oxygen atoms in total. The van der Waals surface area contributed by atoms with Gasteiger partial charge in [0.05, 0.1) is 0 Å². The summed E-state index contributed by atoms with van der Waals surface area (Å²) in [7, 11) is 2.06. The second kappa shape index (κ2) is 8.97. The topological polar surface area (TPSA) is 12.0 Å². The number of rotatable bonds is 9. The molecule has 3 unspecified atom stereocenters. The third-order valence-electron chi connectivity index (χ3n) is 4.69. The van der Waals surface area contributed by atoms with E-state index in [1.54, 1.807) is 0 Å². The summed E-state index contributed by atoms with van der Waals surface area (Å²) in [4.78, 5) is 0. The molecule has 0 rings (SSSR count). The highest BCUT2D eigenvalue weighted by molar-refractivity contribution is 4.72. The average molecular weight is 241 g/mol. The van der Waals surface area contributed by atoms with Crippen molar-refractivity contribution in [1.29, 1.82) is 0 Å². The lowest BCUT2D eigenvalue weighted by atomic mass is 9.78. The van der Waals surface area contributed by atoms with E-state index in [-0.39, 0.29) is 0 Å². The van der Waals surface area contributed by atoms with Gasteiger partial charge in [0.25, 0.3) is 0 Å². The highest BCUT2D eigenvalue weighted by Gasteiger charge is 2.20. The molecule has 0 heterocycles. The second-order valence-corrected chi connectivity index (χ2v) is 6.55. The van der Waals surface area contributed by atoms with Gasteiger partial charge in [-0.2, -0.15) is 0 Å². The molecule has 3 atom stereocenters. The van der Waals surface area contributed by atoms with E-state index >= 15 is 0 Å². The minimum Gasteiger partial charge on any atom is -0.320 e. The first-order valence-corrected chi connectivity index (χ1v) is 7.54. The fourth-order valence-corrected chi connectivity index (χ4v) is 2.35. The van der Waals surface area contributed by atoms with Crippen LogP contribution in [0.2, 0.25) is 0 Å². The van der Waals surface area contributed by atoms with Gasteiger partial charge in [-0.3, -0.25) is 0 Å². The third-order valence-corrected chi connectivity index (χ3v) is 4.69. The van der Waals surface area contributed by atoms with Crippen LogP contribution in [0.5, 0.6) is 0 Å². The monoisotopic (exact) mass is 241 g/mol. The van der Waals surface area contributed by atoms with E-state index in [4.69, 9.17) is 0 Å². The van der Waals surface area contributed by atoms with Gasteiger partial charge in [-0.15, -0.1) is 0 Å². The van der Waals surface area contributed by atoms with Crippen LogP contribution in [-0.2, 0) is 0 Å². The van der Waals surface area contributed by atoms with Crippen LogP contribution in [0.3, 0.4) is 0 Å². The van der Waals surface area contributed by atoms with Crippen molar-refractivity contribution in [2.24, 2.45) is 29.6 Å². The van der Waals surface area contributed by atoms with Crippen LogP contribution >= 0.6 is 0 Å². The Kier molecular flexibility index (Phi) is 8.94. The van der Waals surface area contributed by atoms with Crippen LogP contribution in [0.15, 0.2) is 0 Å². The second-order valence-electron chi connectivity index (χ2n) is 6.55. The van der Waals surface area contributed by atoms with Crippen LogP contribution in [0, 0.1) is 29.6 Å². The zero-order valence-electron chi connectivity index (χ0n) is 13.2. The van der Waals surface area contributed by atoms with Crippen molar-refractivity contribution < 1.29 is 0 Å². The first-order valence-electron chi connectivity index (χ1n) is 7.54. The summed E-state index contributed by atoms with van der Waals surface area (Å²) < 4.78 is 0. The minimum atomic E-state index is 0.811. The molecule has 0 aromatic carbocycles. The van der Waals surface area contributed by atoms with E-state index in [2.05, 4.69) is 53.9 Å². The van der Waals surface area contributed by atoms with Gasteiger partial charge in [0.2, 0.25) is 0 Å². The molecule has 0 aliphatic rings. The summed E-state index contributed by atoms with van der Waals surface area (Å²) in [6.45, 7) is 15.4. The molecular weight excluding hydrogens is 206 g/mol. The molecule has 0 aliphatic heterocycles. The van der Waals surface area contributed by atoms with Crippen molar-refractivity contribution in [1.82, 2.24) is 5.32 Å².